The van der Waals surface area contributed by atoms with Crippen LogP contribution in [0.5, 0.6) is 5.75 Å². The number of aryl methyl sites for hydroxylation is 1. The zero-order valence-electron chi connectivity index (χ0n) is 16.0. The van der Waals surface area contributed by atoms with Crippen molar-refractivity contribution >= 4 is 16.8 Å². The maximum atomic E-state index is 13.5. The van der Waals surface area contributed by atoms with Crippen molar-refractivity contribution in [3.8, 4) is 5.75 Å². The molecule has 9 heteroatoms. The predicted molar refractivity (Wildman–Crippen MR) is 103 cm³/mol. The largest absolute Gasteiger partial charge is 0.491 e. The van der Waals surface area contributed by atoms with E-state index in [0.29, 0.717) is 10.9 Å². The van der Waals surface area contributed by atoms with Gasteiger partial charge in [0.15, 0.2) is 0 Å². The van der Waals surface area contributed by atoms with E-state index >= 15 is 0 Å². The van der Waals surface area contributed by atoms with Crippen LogP contribution in [0.15, 0.2) is 42.5 Å². The lowest BCUT2D eigenvalue weighted by Crippen LogP contribution is -2.36. The highest BCUT2D eigenvalue weighted by Crippen LogP contribution is 2.30. The predicted octanol–water partition coefficient (Wildman–Crippen LogP) is 3.73. The highest BCUT2D eigenvalue weighted by Gasteiger charge is 2.30. The molecule has 1 amide bonds. The molecular weight excluding hydrogens is 404 g/mol. The Morgan fingerprint density at radius 3 is 2.57 bits per heavy atom. The van der Waals surface area contributed by atoms with Crippen LogP contribution in [-0.4, -0.2) is 35.3 Å². The number of carbonyl (C=O) groups is 1. The van der Waals surface area contributed by atoms with E-state index in [9.17, 15) is 27.5 Å². The number of ether oxygens (including phenoxy) is 1. The summed E-state index contributed by atoms with van der Waals surface area (Å²) in [4.78, 5) is 15.3. The Morgan fingerprint density at radius 2 is 1.90 bits per heavy atom. The number of aliphatic hydroxyl groups excluding tert-OH is 1. The molecule has 5 nitrogen and oxygen atoms in total. The Kier molecular flexibility index (Phi) is 6.31. The number of aromatic amines is 1. The number of aromatic nitrogens is 1. The standard InChI is InChI=1S/C21H20F4N2O3/c1-12-17(18-8-14(22)4-7-19(18)27-12)9-20(29)26-10-15(28)11-30-16-5-2-13(3-6-16)21(23,24)25/h2-8,15,27-28H,9-11H2,1H3,(H,26,29). The van der Waals surface area contributed by atoms with Gasteiger partial charge in [-0.25, -0.2) is 4.39 Å². The first kappa shape index (κ1) is 21.6. The van der Waals surface area contributed by atoms with Gasteiger partial charge in [0.2, 0.25) is 5.91 Å². The third-order valence-electron chi connectivity index (χ3n) is 4.58. The van der Waals surface area contributed by atoms with Crippen LogP contribution in [0.4, 0.5) is 17.6 Å². The van der Waals surface area contributed by atoms with Gasteiger partial charge in [0, 0.05) is 23.1 Å². The maximum absolute atomic E-state index is 13.5. The molecule has 0 saturated heterocycles. The van der Waals surface area contributed by atoms with E-state index in [2.05, 4.69) is 10.3 Å². The van der Waals surface area contributed by atoms with Crippen molar-refractivity contribution in [1.82, 2.24) is 10.3 Å². The van der Waals surface area contributed by atoms with Crippen LogP contribution >= 0.6 is 0 Å². The van der Waals surface area contributed by atoms with Gasteiger partial charge >= 0.3 is 6.18 Å². The van der Waals surface area contributed by atoms with E-state index < -0.39 is 23.7 Å². The number of benzene rings is 2. The summed E-state index contributed by atoms with van der Waals surface area (Å²) in [7, 11) is 0. The monoisotopic (exact) mass is 424 g/mol. The fraction of sp³-hybridized carbons (Fsp3) is 0.286. The number of aliphatic hydroxyl groups is 1. The highest BCUT2D eigenvalue weighted by atomic mass is 19.4. The van der Waals surface area contributed by atoms with Gasteiger partial charge in [-0.05, 0) is 55.0 Å². The number of H-pyrrole nitrogens is 1. The van der Waals surface area contributed by atoms with Crippen LogP contribution in [0.3, 0.4) is 0 Å². The molecule has 0 radical (unpaired) electrons. The molecule has 0 aliphatic carbocycles. The molecule has 0 fully saturated rings. The summed E-state index contributed by atoms with van der Waals surface area (Å²) in [5.41, 5.74) is 1.34. The lowest BCUT2D eigenvalue weighted by Gasteiger charge is -2.14. The van der Waals surface area contributed by atoms with Crippen molar-refractivity contribution in [2.24, 2.45) is 0 Å². The molecule has 0 aliphatic rings. The van der Waals surface area contributed by atoms with Crippen LogP contribution < -0.4 is 10.1 Å². The minimum absolute atomic E-state index is 0.00175. The second kappa shape index (κ2) is 8.74. The Morgan fingerprint density at radius 1 is 1.20 bits per heavy atom. The Hall–Kier alpha value is -3.07. The van der Waals surface area contributed by atoms with Gasteiger partial charge < -0.3 is 20.1 Å². The molecule has 0 bridgehead atoms. The molecule has 0 saturated carbocycles. The molecule has 160 valence electrons. The third-order valence-corrected chi connectivity index (χ3v) is 4.58. The molecule has 2 aromatic carbocycles. The smallest absolute Gasteiger partial charge is 0.416 e. The molecule has 1 unspecified atom stereocenters. The Balaban J connectivity index is 1.49. The summed E-state index contributed by atoms with van der Waals surface area (Å²) in [6.45, 7) is 1.48. The number of rotatable bonds is 7. The lowest BCUT2D eigenvalue weighted by atomic mass is 10.1. The Bertz CT molecular complexity index is 1030. The van der Waals surface area contributed by atoms with Gasteiger partial charge in [-0.15, -0.1) is 0 Å². The zero-order valence-corrected chi connectivity index (χ0v) is 16.0. The molecule has 3 aromatic rings. The minimum Gasteiger partial charge on any atom is -0.491 e. The molecule has 1 heterocycles. The summed E-state index contributed by atoms with van der Waals surface area (Å²) < 4.78 is 56.4. The van der Waals surface area contributed by atoms with E-state index in [-0.39, 0.29) is 31.2 Å². The van der Waals surface area contributed by atoms with Crippen molar-refractivity contribution in [2.75, 3.05) is 13.2 Å². The highest BCUT2D eigenvalue weighted by molar-refractivity contribution is 5.90. The van der Waals surface area contributed by atoms with Crippen molar-refractivity contribution < 1.29 is 32.2 Å². The molecule has 30 heavy (non-hydrogen) atoms. The van der Waals surface area contributed by atoms with Crippen LogP contribution in [0.2, 0.25) is 0 Å². The molecule has 3 rings (SSSR count). The fourth-order valence-corrected chi connectivity index (χ4v) is 3.03. The van der Waals surface area contributed by atoms with Crippen LogP contribution in [0, 0.1) is 12.7 Å². The van der Waals surface area contributed by atoms with Crippen LogP contribution in [0.1, 0.15) is 16.8 Å². The first-order valence-electron chi connectivity index (χ1n) is 9.15. The number of nitrogens with one attached hydrogen (secondary N) is 2. The summed E-state index contributed by atoms with van der Waals surface area (Å²) in [5.74, 6) is -0.597. The first-order valence-corrected chi connectivity index (χ1v) is 9.15. The van der Waals surface area contributed by atoms with Gasteiger partial charge in [-0.1, -0.05) is 0 Å². The van der Waals surface area contributed by atoms with Gasteiger partial charge in [0.05, 0.1) is 12.0 Å². The topological polar surface area (TPSA) is 74.4 Å². The number of halogens is 4. The fourth-order valence-electron chi connectivity index (χ4n) is 3.03. The van der Waals surface area contributed by atoms with E-state index in [1.165, 1.54) is 12.1 Å². The number of amides is 1. The molecular formula is C21H20F4N2O3. The van der Waals surface area contributed by atoms with Gasteiger partial charge in [-0.2, -0.15) is 13.2 Å². The van der Waals surface area contributed by atoms with E-state index in [4.69, 9.17) is 4.74 Å². The third kappa shape index (κ3) is 5.29. The first-order chi connectivity index (χ1) is 14.1. The number of hydrogen-bond donors (Lipinski definition) is 3. The molecule has 0 aliphatic heterocycles. The second-order valence-electron chi connectivity index (χ2n) is 6.89. The molecule has 1 aromatic heterocycles. The van der Waals surface area contributed by atoms with E-state index in [1.807, 2.05) is 0 Å². The molecule has 1 atom stereocenters. The van der Waals surface area contributed by atoms with Crippen molar-refractivity contribution in [1.29, 1.82) is 0 Å². The summed E-state index contributed by atoms with van der Waals surface area (Å²) in [6.07, 6.45) is -5.49. The summed E-state index contributed by atoms with van der Waals surface area (Å²) >= 11 is 0. The van der Waals surface area contributed by atoms with Gasteiger partial charge in [0.25, 0.3) is 0 Å². The van der Waals surface area contributed by atoms with Crippen molar-refractivity contribution in [2.45, 2.75) is 25.6 Å². The minimum atomic E-state index is -4.43. The Labute approximate surface area is 169 Å². The normalized spacial score (nSPS) is 12.7. The average molecular weight is 424 g/mol. The van der Waals surface area contributed by atoms with Crippen molar-refractivity contribution in [3.63, 3.8) is 0 Å². The van der Waals surface area contributed by atoms with Gasteiger partial charge in [-0.3, -0.25) is 4.79 Å². The van der Waals surface area contributed by atoms with Gasteiger partial charge in [0.1, 0.15) is 24.3 Å². The SMILES string of the molecule is Cc1[nH]c2ccc(F)cc2c1CC(=O)NCC(O)COc1ccc(C(F)(F)F)cc1. The summed E-state index contributed by atoms with van der Waals surface area (Å²) in [6, 6.07) is 8.37. The van der Waals surface area contributed by atoms with E-state index in [1.54, 1.807) is 13.0 Å². The van der Waals surface area contributed by atoms with Crippen LogP contribution in [0.25, 0.3) is 10.9 Å². The van der Waals surface area contributed by atoms with Crippen LogP contribution in [-0.2, 0) is 17.4 Å². The maximum Gasteiger partial charge on any atom is 0.416 e. The van der Waals surface area contributed by atoms with E-state index in [0.717, 1.165) is 35.5 Å². The van der Waals surface area contributed by atoms with Crippen molar-refractivity contribution in [3.05, 3.63) is 65.1 Å². The second-order valence-corrected chi connectivity index (χ2v) is 6.89. The lowest BCUT2D eigenvalue weighted by molar-refractivity contribution is -0.137. The number of alkyl halides is 3. The average Bonchev–Trinajstić information content (AvgIpc) is 2.99. The number of fused-ring (bicyclic) bond motifs is 1. The zero-order chi connectivity index (χ0) is 21.9. The number of carbonyl (C=O) groups excluding carboxylic acids is 1. The quantitative estimate of drug-likeness (QED) is 0.506. The molecule has 0 spiro atoms. The summed E-state index contributed by atoms with van der Waals surface area (Å²) in [5, 5.41) is 13.1. The molecule has 3 N–H and O–H groups in total. The number of hydrogen-bond acceptors (Lipinski definition) is 3.